The highest BCUT2D eigenvalue weighted by molar-refractivity contribution is 7.99. The lowest BCUT2D eigenvalue weighted by atomic mass is 10.2. The summed E-state index contributed by atoms with van der Waals surface area (Å²) in [6.07, 6.45) is 1.52. The number of benzene rings is 2. The number of aromatic nitrogens is 7. The topological polar surface area (TPSA) is 94.3 Å². The largest absolute Gasteiger partial charge is 0.302 e. The summed E-state index contributed by atoms with van der Waals surface area (Å²) in [5.74, 6) is 0.699. The lowest BCUT2D eigenvalue weighted by molar-refractivity contribution is 0.685. The fourth-order valence-electron chi connectivity index (χ4n) is 3.28. The van der Waals surface area contributed by atoms with Gasteiger partial charge in [-0.2, -0.15) is 5.10 Å². The number of hydrogen-bond acceptors (Lipinski definition) is 6. The van der Waals surface area contributed by atoms with Crippen LogP contribution in [0, 0.1) is 0 Å². The van der Waals surface area contributed by atoms with E-state index in [1.165, 1.54) is 18.0 Å². The third-order valence-electron chi connectivity index (χ3n) is 4.72. The highest BCUT2D eigenvalue weighted by Crippen LogP contribution is 2.29. The van der Waals surface area contributed by atoms with Gasteiger partial charge < -0.3 is 9.55 Å². The number of halogens is 1. The molecule has 0 saturated heterocycles. The number of hydrogen-bond donors (Lipinski definition) is 1. The Morgan fingerprint density at radius 3 is 2.71 bits per heavy atom. The highest BCUT2D eigenvalue weighted by Gasteiger charge is 2.17. The quantitative estimate of drug-likeness (QED) is 0.404. The summed E-state index contributed by atoms with van der Waals surface area (Å²) in [6, 6.07) is 17.0. The Bertz CT molecular complexity index is 1440. The molecule has 3 aromatic heterocycles. The first kappa shape index (κ1) is 19.5. The number of aromatic amines is 1. The van der Waals surface area contributed by atoms with E-state index in [1.54, 1.807) is 4.68 Å². The van der Waals surface area contributed by atoms with Crippen molar-refractivity contribution in [3.63, 3.8) is 0 Å². The standard InChI is InChI=1S/C21H16ClN7OS/c1-2-28-17(13-7-6-8-14(22)11-13)26-27-21(28)31-20-24-18-16(19(30)25-20)12-23-29(18)15-9-4-3-5-10-15/h3-12H,2H2,1H3,(H,24,25,30). The van der Waals surface area contributed by atoms with E-state index in [2.05, 4.69) is 25.3 Å². The second-order valence-electron chi connectivity index (χ2n) is 6.66. The van der Waals surface area contributed by atoms with Gasteiger partial charge in [-0.05, 0) is 43.0 Å². The second kappa shape index (κ2) is 8.01. The van der Waals surface area contributed by atoms with Crippen LogP contribution in [0.4, 0.5) is 0 Å². The van der Waals surface area contributed by atoms with Crippen LogP contribution in [-0.4, -0.2) is 34.5 Å². The van der Waals surface area contributed by atoms with E-state index in [0.717, 1.165) is 11.3 Å². The van der Waals surface area contributed by atoms with E-state index in [-0.39, 0.29) is 5.56 Å². The lowest BCUT2D eigenvalue weighted by Gasteiger charge is -2.07. The maximum Gasteiger partial charge on any atom is 0.262 e. The molecule has 1 N–H and O–H groups in total. The Morgan fingerprint density at radius 1 is 1.10 bits per heavy atom. The van der Waals surface area contributed by atoms with E-state index in [0.29, 0.717) is 38.7 Å². The summed E-state index contributed by atoms with van der Waals surface area (Å²) in [6.45, 7) is 2.65. The number of H-pyrrole nitrogens is 1. The Kier molecular flexibility index (Phi) is 5.05. The molecule has 0 aliphatic heterocycles. The number of fused-ring (bicyclic) bond motifs is 1. The SMILES string of the molecule is CCn1c(Sc2nc3c(cnn3-c3ccccc3)c(=O)[nH]2)nnc1-c1cccc(Cl)c1. The molecule has 0 spiro atoms. The first-order valence-corrected chi connectivity index (χ1v) is 10.7. The van der Waals surface area contributed by atoms with Gasteiger partial charge in [0.05, 0.1) is 11.9 Å². The summed E-state index contributed by atoms with van der Waals surface area (Å²) < 4.78 is 3.60. The zero-order chi connectivity index (χ0) is 21.4. The number of rotatable bonds is 5. The van der Waals surface area contributed by atoms with E-state index < -0.39 is 0 Å². The minimum atomic E-state index is -0.257. The third kappa shape index (κ3) is 3.62. The molecule has 3 heterocycles. The zero-order valence-electron chi connectivity index (χ0n) is 16.4. The molecule has 0 atom stereocenters. The van der Waals surface area contributed by atoms with Crippen LogP contribution in [0.2, 0.25) is 5.02 Å². The van der Waals surface area contributed by atoms with Crippen LogP contribution in [0.3, 0.4) is 0 Å². The number of nitrogens with zero attached hydrogens (tertiary/aromatic N) is 6. The van der Waals surface area contributed by atoms with Gasteiger partial charge in [-0.25, -0.2) is 9.67 Å². The van der Waals surface area contributed by atoms with Gasteiger partial charge in [-0.15, -0.1) is 10.2 Å². The predicted octanol–water partition coefficient (Wildman–Crippen LogP) is 4.19. The van der Waals surface area contributed by atoms with Gasteiger partial charge in [0.25, 0.3) is 5.56 Å². The second-order valence-corrected chi connectivity index (χ2v) is 8.06. The van der Waals surface area contributed by atoms with Crippen molar-refractivity contribution in [3.05, 3.63) is 76.2 Å². The minimum Gasteiger partial charge on any atom is -0.302 e. The van der Waals surface area contributed by atoms with E-state index >= 15 is 0 Å². The average molecular weight is 450 g/mol. The summed E-state index contributed by atoms with van der Waals surface area (Å²) in [4.78, 5) is 20.1. The van der Waals surface area contributed by atoms with Crippen LogP contribution >= 0.6 is 23.4 Å². The summed E-state index contributed by atoms with van der Waals surface area (Å²) >= 11 is 7.38. The molecule has 0 unspecified atom stereocenters. The Morgan fingerprint density at radius 2 is 1.94 bits per heavy atom. The van der Waals surface area contributed by atoms with Crippen LogP contribution in [0.1, 0.15) is 6.92 Å². The van der Waals surface area contributed by atoms with Gasteiger partial charge in [-0.1, -0.05) is 41.9 Å². The van der Waals surface area contributed by atoms with Crippen LogP contribution in [0.5, 0.6) is 0 Å². The molecule has 2 aromatic carbocycles. The van der Waals surface area contributed by atoms with Gasteiger partial charge in [-0.3, -0.25) is 4.79 Å². The molecule has 0 radical (unpaired) electrons. The van der Waals surface area contributed by atoms with Gasteiger partial charge in [0.1, 0.15) is 5.39 Å². The molecular weight excluding hydrogens is 434 g/mol. The van der Waals surface area contributed by atoms with Gasteiger partial charge in [0.15, 0.2) is 21.8 Å². The molecule has 154 valence electrons. The van der Waals surface area contributed by atoms with Crippen molar-refractivity contribution in [2.45, 2.75) is 23.8 Å². The number of nitrogens with one attached hydrogen (secondary N) is 1. The molecule has 0 bridgehead atoms. The normalized spacial score (nSPS) is 11.3. The molecule has 0 amide bonds. The first-order chi connectivity index (χ1) is 15.1. The van der Waals surface area contributed by atoms with E-state index in [1.807, 2.05) is 66.1 Å². The maximum absolute atomic E-state index is 12.6. The fourth-order valence-corrected chi connectivity index (χ4v) is 4.33. The molecule has 5 rings (SSSR count). The van der Waals surface area contributed by atoms with Crippen molar-refractivity contribution in [1.29, 1.82) is 0 Å². The smallest absolute Gasteiger partial charge is 0.262 e. The molecular formula is C21H16ClN7OS. The molecule has 5 aromatic rings. The van der Waals surface area contributed by atoms with E-state index in [9.17, 15) is 4.79 Å². The molecule has 31 heavy (non-hydrogen) atoms. The summed E-state index contributed by atoms with van der Waals surface area (Å²) in [5, 5.41) is 15.1. The summed E-state index contributed by atoms with van der Waals surface area (Å²) in [5.41, 5.74) is 1.92. The third-order valence-corrected chi connectivity index (χ3v) is 5.83. The number of para-hydroxylation sites is 1. The zero-order valence-corrected chi connectivity index (χ0v) is 17.9. The highest BCUT2D eigenvalue weighted by atomic mass is 35.5. The average Bonchev–Trinajstić information content (AvgIpc) is 3.39. The monoisotopic (exact) mass is 449 g/mol. The molecule has 0 aliphatic rings. The van der Waals surface area contributed by atoms with Crippen molar-refractivity contribution in [1.82, 2.24) is 34.5 Å². The van der Waals surface area contributed by atoms with Crippen molar-refractivity contribution >= 4 is 34.4 Å². The molecule has 0 aliphatic carbocycles. The van der Waals surface area contributed by atoms with Crippen molar-refractivity contribution in [2.24, 2.45) is 0 Å². The maximum atomic E-state index is 12.6. The summed E-state index contributed by atoms with van der Waals surface area (Å²) in [7, 11) is 0. The van der Waals surface area contributed by atoms with Crippen molar-refractivity contribution < 1.29 is 0 Å². The van der Waals surface area contributed by atoms with Gasteiger partial charge in [0.2, 0.25) is 0 Å². The molecule has 10 heteroatoms. The Labute approximate surface area is 185 Å². The van der Waals surface area contributed by atoms with Crippen molar-refractivity contribution in [3.8, 4) is 17.1 Å². The Hall–Kier alpha value is -3.43. The van der Waals surface area contributed by atoms with Crippen LogP contribution in [0.15, 0.2) is 75.9 Å². The van der Waals surface area contributed by atoms with Crippen molar-refractivity contribution in [2.75, 3.05) is 0 Å². The van der Waals surface area contributed by atoms with E-state index in [4.69, 9.17) is 11.6 Å². The van der Waals surface area contributed by atoms with Gasteiger partial charge in [0, 0.05) is 17.1 Å². The molecule has 8 nitrogen and oxygen atoms in total. The predicted molar refractivity (Wildman–Crippen MR) is 120 cm³/mol. The minimum absolute atomic E-state index is 0.257. The Balaban J connectivity index is 1.56. The van der Waals surface area contributed by atoms with Gasteiger partial charge >= 0.3 is 0 Å². The first-order valence-electron chi connectivity index (χ1n) is 9.54. The lowest BCUT2D eigenvalue weighted by Crippen LogP contribution is -2.10. The fraction of sp³-hybridized carbons (Fsp3) is 0.0952. The van der Waals surface area contributed by atoms with Crippen LogP contribution in [-0.2, 0) is 6.54 Å². The molecule has 0 saturated carbocycles. The van der Waals surface area contributed by atoms with Crippen LogP contribution in [0.25, 0.3) is 28.1 Å². The van der Waals surface area contributed by atoms with Crippen LogP contribution < -0.4 is 5.56 Å². The molecule has 0 fully saturated rings.